The molecule has 0 atom stereocenters. The second-order valence-electron chi connectivity index (χ2n) is 4.54. The third kappa shape index (κ3) is 2.59. The normalized spacial score (nSPS) is 15.1. The monoisotopic (exact) mass is 294 g/mol. The van der Waals surface area contributed by atoms with Gasteiger partial charge in [0.15, 0.2) is 5.71 Å². The second-order valence-corrected chi connectivity index (χ2v) is 4.54. The minimum atomic E-state index is -0.520. The highest BCUT2D eigenvalue weighted by molar-refractivity contribution is 6.53. The maximum atomic E-state index is 11.9. The van der Waals surface area contributed by atoms with Crippen molar-refractivity contribution >= 4 is 29.2 Å². The minimum absolute atomic E-state index is 0.0610. The van der Waals surface area contributed by atoms with Gasteiger partial charge < -0.3 is 5.32 Å². The predicted octanol–water partition coefficient (Wildman–Crippen LogP) is 2.37. The topological polar surface area (TPSA) is 97.0 Å². The van der Waals surface area contributed by atoms with Gasteiger partial charge in [-0.3, -0.25) is 14.9 Å². The molecule has 0 saturated heterocycles. The molecule has 0 aromatic heterocycles. The minimum Gasteiger partial charge on any atom is -0.320 e. The highest BCUT2D eigenvalue weighted by Gasteiger charge is 2.28. The van der Waals surface area contributed by atoms with Crippen molar-refractivity contribution in [3.8, 4) is 0 Å². The Balaban J connectivity index is 1.94. The third-order valence-corrected chi connectivity index (χ3v) is 3.10. The Labute approximate surface area is 125 Å². The van der Waals surface area contributed by atoms with Crippen molar-refractivity contribution in [3.63, 3.8) is 0 Å². The second kappa shape index (κ2) is 5.57. The van der Waals surface area contributed by atoms with E-state index in [4.69, 9.17) is 0 Å². The number of nitrogens with zero attached hydrogens (tertiary/aromatic N) is 3. The van der Waals surface area contributed by atoms with Crippen molar-refractivity contribution in [3.05, 3.63) is 69.8 Å². The van der Waals surface area contributed by atoms with E-state index in [1.165, 1.54) is 24.4 Å². The van der Waals surface area contributed by atoms with E-state index >= 15 is 0 Å². The van der Waals surface area contributed by atoms with E-state index in [1.807, 2.05) is 30.3 Å². The van der Waals surface area contributed by atoms with Crippen molar-refractivity contribution in [2.75, 3.05) is 5.32 Å². The summed E-state index contributed by atoms with van der Waals surface area (Å²) in [6.07, 6.45) is 1.51. The Hall–Kier alpha value is -3.35. The molecule has 0 spiro atoms. The molecule has 2 aromatic rings. The number of non-ortho nitro benzene ring substituents is 1. The molecule has 7 nitrogen and oxygen atoms in total. The van der Waals surface area contributed by atoms with Crippen LogP contribution in [0.2, 0.25) is 0 Å². The fourth-order valence-electron chi connectivity index (χ4n) is 2.05. The van der Waals surface area contributed by atoms with Gasteiger partial charge in [-0.15, -0.1) is 5.10 Å². The summed E-state index contributed by atoms with van der Waals surface area (Å²) in [5, 5.41) is 21.2. The van der Waals surface area contributed by atoms with Gasteiger partial charge in [-0.25, -0.2) is 0 Å². The van der Waals surface area contributed by atoms with Crippen molar-refractivity contribution in [2.24, 2.45) is 10.2 Å². The molecule has 0 saturated carbocycles. The Kier molecular flexibility index (Phi) is 3.45. The van der Waals surface area contributed by atoms with Crippen molar-refractivity contribution in [1.29, 1.82) is 0 Å². The first-order valence-corrected chi connectivity index (χ1v) is 6.41. The molecule has 0 fully saturated rings. The number of nitro benzene ring substituents is 1. The lowest BCUT2D eigenvalue weighted by atomic mass is 10.1. The quantitative estimate of drug-likeness (QED) is 0.534. The number of fused-ring (bicyclic) bond motifs is 1. The molecule has 2 aromatic carbocycles. The molecule has 0 radical (unpaired) electrons. The average molecular weight is 294 g/mol. The molecule has 1 aliphatic rings. The van der Waals surface area contributed by atoms with Gasteiger partial charge in [0.1, 0.15) is 0 Å². The molecule has 1 N–H and O–H groups in total. The average Bonchev–Trinajstić information content (AvgIpc) is 2.83. The number of amides is 1. The maximum absolute atomic E-state index is 11.9. The predicted molar refractivity (Wildman–Crippen MR) is 82.3 cm³/mol. The zero-order valence-corrected chi connectivity index (χ0v) is 11.3. The summed E-state index contributed by atoms with van der Waals surface area (Å²) < 4.78 is 0. The standard InChI is InChI=1S/C15H10N4O3/c20-15-14(18-16-9-10-4-2-1-3-5-10)12-8-11(19(21)22)6-7-13(12)17-15/h1-9H,(H,17,18,20). The lowest BCUT2D eigenvalue weighted by Gasteiger charge is -1.96. The van der Waals surface area contributed by atoms with Gasteiger partial charge in [0.05, 0.1) is 16.8 Å². The number of benzene rings is 2. The number of carbonyl (C=O) groups excluding carboxylic acids is 1. The molecule has 22 heavy (non-hydrogen) atoms. The number of rotatable bonds is 3. The van der Waals surface area contributed by atoms with E-state index < -0.39 is 10.8 Å². The van der Waals surface area contributed by atoms with E-state index in [2.05, 4.69) is 15.5 Å². The third-order valence-electron chi connectivity index (χ3n) is 3.10. The van der Waals surface area contributed by atoms with Gasteiger partial charge in [-0.2, -0.15) is 5.10 Å². The lowest BCUT2D eigenvalue weighted by molar-refractivity contribution is -0.384. The molecular weight excluding hydrogens is 284 g/mol. The van der Waals surface area contributed by atoms with Crippen LogP contribution in [0, 0.1) is 10.1 Å². The van der Waals surface area contributed by atoms with Gasteiger partial charge in [-0.1, -0.05) is 30.3 Å². The van der Waals surface area contributed by atoms with Crippen LogP contribution in [0.1, 0.15) is 11.1 Å². The zero-order valence-electron chi connectivity index (χ0n) is 11.3. The van der Waals surface area contributed by atoms with Gasteiger partial charge in [0.25, 0.3) is 11.6 Å². The zero-order chi connectivity index (χ0) is 15.5. The highest BCUT2D eigenvalue weighted by atomic mass is 16.6. The Morgan fingerprint density at radius 2 is 1.91 bits per heavy atom. The molecule has 0 unspecified atom stereocenters. The van der Waals surface area contributed by atoms with Gasteiger partial charge in [0, 0.05) is 17.7 Å². The molecule has 3 rings (SSSR count). The molecule has 1 heterocycles. The number of hydrogen-bond acceptors (Lipinski definition) is 5. The molecule has 7 heteroatoms. The summed E-state index contributed by atoms with van der Waals surface area (Å²) >= 11 is 0. The van der Waals surface area contributed by atoms with Crippen LogP contribution in [-0.2, 0) is 4.79 Å². The Morgan fingerprint density at radius 3 is 2.64 bits per heavy atom. The summed E-state index contributed by atoms with van der Waals surface area (Å²) in [5.41, 5.74) is 1.67. The molecular formula is C15H10N4O3. The summed E-state index contributed by atoms with van der Waals surface area (Å²) in [5.74, 6) is -0.430. The van der Waals surface area contributed by atoms with E-state index in [0.717, 1.165) is 5.56 Å². The first kappa shape index (κ1) is 13.6. The molecule has 1 amide bonds. The van der Waals surface area contributed by atoms with E-state index in [-0.39, 0.29) is 11.4 Å². The smallest absolute Gasteiger partial charge is 0.276 e. The van der Waals surface area contributed by atoms with Crippen LogP contribution >= 0.6 is 0 Å². The van der Waals surface area contributed by atoms with Crippen LogP contribution < -0.4 is 5.32 Å². The number of hydrogen-bond donors (Lipinski definition) is 1. The van der Waals surface area contributed by atoms with Gasteiger partial charge in [0.2, 0.25) is 0 Å². The molecule has 0 aliphatic carbocycles. The SMILES string of the molecule is O=C1Nc2ccc([N+](=O)[O-])cc2/C1=N/N=Cc1ccccc1. The number of carbonyl (C=O) groups is 1. The fraction of sp³-hybridized carbons (Fsp3) is 0. The van der Waals surface area contributed by atoms with E-state index in [9.17, 15) is 14.9 Å². The number of nitro groups is 1. The Bertz CT molecular complexity index is 813. The van der Waals surface area contributed by atoms with Crippen molar-refractivity contribution in [1.82, 2.24) is 0 Å². The maximum Gasteiger partial charge on any atom is 0.276 e. The highest BCUT2D eigenvalue weighted by Crippen LogP contribution is 2.27. The molecule has 1 aliphatic heterocycles. The van der Waals surface area contributed by atoms with Crippen LogP contribution in [0.5, 0.6) is 0 Å². The fourth-order valence-corrected chi connectivity index (χ4v) is 2.05. The summed E-state index contributed by atoms with van der Waals surface area (Å²) in [6.45, 7) is 0. The van der Waals surface area contributed by atoms with E-state index in [0.29, 0.717) is 11.3 Å². The number of nitrogens with one attached hydrogen (secondary N) is 1. The molecule has 0 bridgehead atoms. The van der Waals surface area contributed by atoms with Gasteiger partial charge >= 0.3 is 0 Å². The number of anilines is 1. The summed E-state index contributed by atoms with van der Waals surface area (Å²) in [7, 11) is 0. The molecule has 108 valence electrons. The summed E-state index contributed by atoms with van der Waals surface area (Å²) in [4.78, 5) is 22.2. The van der Waals surface area contributed by atoms with Gasteiger partial charge in [-0.05, 0) is 11.6 Å². The van der Waals surface area contributed by atoms with Crippen LogP contribution in [-0.4, -0.2) is 22.8 Å². The largest absolute Gasteiger partial charge is 0.320 e. The van der Waals surface area contributed by atoms with Crippen LogP contribution in [0.25, 0.3) is 0 Å². The summed E-state index contributed by atoms with van der Waals surface area (Å²) in [6, 6.07) is 13.4. The van der Waals surface area contributed by atoms with Crippen molar-refractivity contribution in [2.45, 2.75) is 0 Å². The first-order chi connectivity index (χ1) is 10.6. The Morgan fingerprint density at radius 1 is 1.14 bits per heavy atom. The van der Waals surface area contributed by atoms with Crippen molar-refractivity contribution < 1.29 is 9.72 Å². The first-order valence-electron chi connectivity index (χ1n) is 6.41. The lowest BCUT2D eigenvalue weighted by Crippen LogP contribution is -2.13. The van der Waals surface area contributed by atoms with Crippen LogP contribution in [0.15, 0.2) is 58.7 Å². The van der Waals surface area contributed by atoms with Crippen LogP contribution in [0.4, 0.5) is 11.4 Å². The van der Waals surface area contributed by atoms with Crippen LogP contribution in [0.3, 0.4) is 0 Å². The van der Waals surface area contributed by atoms with E-state index in [1.54, 1.807) is 0 Å².